The lowest BCUT2D eigenvalue weighted by atomic mass is 9.84. The molecule has 1 saturated carbocycles. The molecule has 200 valence electrons. The Labute approximate surface area is 198 Å². The van der Waals surface area contributed by atoms with Crippen molar-refractivity contribution in [1.29, 1.82) is 0 Å². The monoisotopic (exact) mass is 495 g/mol. The second-order valence-corrected chi connectivity index (χ2v) is 9.94. The summed E-state index contributed by atoms with van der Waals surface area (Å²) in [5, 5.41) is 55.6. The molecular weight excluding hydrogens is 454 g/mol. The van der Waals surface area contributed by atoms with Gasteiger partial charge in [-0.2, -0.15) is 0 Å². The molecular formula is C20H41N5O9. The van der Waals surface area contributed by atoms with E-state index in [1.54, 1.807) is 14.0 Å². The minimum absolute atomic E-state index is 0.124. The topological polar surface area (TPSA) is 254 Å². The van der Waals surface area contributed by atoms with Crippen LogP contribution in [0.5, 0.6) is 0 Å². The number of aliphatic hydroxyl groups excluding tert-OH is 4. The molecule has 0 unspecified atom stereocenters. The van der Waals surface area contributed by atoms with E-state index < -0.39 is 91.1 Å². The van der Waals surface area contributed by atoms with E-state index in [1.165, 1.54) is 6.92 Å². The predicted molar refractivity (Wildman–Crippen MR) is 118 cm³/mol. The number of nitrogens with two attached hydrogens (primary N) is 4. The molecule has 0 amide bonds. The maximum Gasteiger partial charge on any atom is 0.185 e. The van der Waals surface area contributed by atoms with Gasteiger partial charge in [-0.05, 0) is 27.3 Å². The van der Waals surface area contributed by atoms with E-state index in [1.807, 2.05) is 0 Å². The molecule has 1 aliphatic carbocycles. The smallest absolute Gasteiger partial charge is 0.185 e. The molecule has 34 heavy (non-hydrogen) atoms. The minimum Gasteiger partial charge on any atom is -0.388 e. The van der Waals surface area contributed by atoms with E-state index in [0.29, 0.717) is 0 Å². The first-order valence-corrected chi connectivity index (χ1v) is 11.5. The Balaban J connectivity index is 1.73. The number of hydrogen-bond acceptors (Lipinski definition) is 14. The van der Waals surface area contributed by atoms with Crippen LogP contribution in [0, 0.1) is 0 Å². The van der Waals surface area contributed by atoms with Crippen LogP contribution in [0.25, 0.3) is 0 Å². The number of likely N-dealkylation sites (N-methyl/N-ethyl adjacent to an activating group) is 1. The number of hydrogen-bond donors (Lipinski definition) is 10. The van der Waals surface area contributed by atoms with E-state index in [4.69, 9.17) is 41.9 Å². The SMILES string of the molecule is CN[C@@H]1[C@@H](O)[C@@H](O[C@@H]2[C@@H](O)[C@H](O[C@H]3O[C@H]([C@@H](C)N)[C@@H](O)[C@H](O)[C@H]3N)[C@@H](N)C[C@H]2N)OC[C@]1(C)O. The largest absolute Gasteiger partial charge is 0.388 e. The molecule has 0 aromatic carbocycles. The number of rotatable bonds is 6. The van der Waals surface area contributed by atoms with Crippen LogP contribution in [-0.2, 0) is 18.9 Å². The van der Waals surface area contributed by atoms with Gasteiger partial charge in [-0.1, -0.05) is 0 Å². The molecule has 3 rings (SSSR count). The van der Waals surface area contributed by atoms with Gasteiger partial charge < -0.3 is 72.7 Å². The first-order valence-electron chi connectivity index (χ1n) is 11.5. The molecule has 14 nitrogen and oxygen atoms in total. The lowest BCUT2D eigenvalue weighted by Crippen LogP contribution is -2.70. The quantitative estimate of drug-likeness (QED) is 0.165. The van der Waals surface area contributed by atoms with Crippen molar-refractivity contribution < 1.29 is 44.5 Å². The van der Waals surface area contributed by atoms with Crippen LogP contribution in [0.2, 0.25) is 0 Å². The molecule has 0 aromatic rings. The van der Waals surface area contributed by atoms with Crippen molar-refractivity contribution in [1.82, 2.24) is 5.32 Å². The van der Waals surface area contributed by atoms with Gasteiger partial charge in [0.05, 0.1) is 18.7 Å². The summed E-state index contributed by atoms with van der Waals surface area (Å²) in [5.41, 5.74) is 22.9. The molecule has 3 aliphatic rings. The highest BCUT2D eigenvalue weighted by molar-refractivity contribution is 5.02. The zero-order valence-electron chi connectivity index (χ0n) is 19.7. The Morgan fingerprint density at radius 2 is 1.50 bits per heavy atom. The summed E-state index contributed by atoms with van der Waals surface area (Å²) >= 11 is 0. The highest BCUT2D eigenvalue weighted by Gasteiger charge is 2.52. The Morgan fingerprint density at radius 3 is 2.03 bits per heavy atom. The van der Waals surface area contributed by atoms with E-state index in [2.05, 4.69) is 5.32 Å². The van der Waals surface area contributed by atoms with Crippen molar-refractivity contribution >= 4 is 0 Å². The third-order valence-electron chi connectivity index (χ3n) is 6.99. The number of aliphatic hydroxyl groups is 5. The molecule has 2 saturated heterocycles. The summed E-state index contributed by atoms with van der Waals surface area (Å²) in [6.07, 6.45) is -10.6. The summed E-state index contributed by atoms with van der Waals surface area (Å²) in [5.74, 6) is 0. The molecule has 0 spiro atoms. The van der Waals surface area contributed by atoms with Crippen molar-refractivity contribution in [2.45, 2.75) is 111 Å². The fraction of sp³-hybridized carbons (Fsp3) is 1.00. The number of nitrogens with one attached hydrogen (secondary N) is 1. The number of ether oxygens (including phenoxy) is 4. The predicted octanol–water partition coefficient (Wildman–Crippen LogP) is -5.65. The van der Waals surface area contributed by atoms with Crippen LogP contribution in [0.15, 0.2) is 0 Å². The van der Waals surface area contributed by atoms with Crippen molar-refractivity contribution in [3.05, 3.63) is 0 Å². The lowest BCUT2D eigenvalue weighted by molar-refractivity contribution is -0.315. The first-order chi connectivity index (χ1) is 15.8. The van der Waals surface area contributed by atoms with Crippen LogP contribution in [0.4, 0.5) is 0 Å². The van der Waals surface area contributed by atoms with E-state index in [9.17, 15) is 25.5 Å². The van der Waals surface area contributed by atoms with Crippen molar-refractivity contribution in [2.24, 2.45) is 22.9 Å². The van der Waals surface area contributed by atoms with Crippen LogP contribution in [0.3, 0.4) is 0 Å². The molecule has 14 heteroatoms. The Kier molecular flexibility index (Phi) is 8.92. The Bertz CT molecular complexity index is 676. The summed E-state index contributed by atoms with van der Waals surface area (Å²) in [7, 11) is 1.59. The van der Waals surface area contributed by atoms with Gasteiger partial charge in [0.25, 0.3) is 0 Å². The summed E-state index contributed by atoms with van der Waals surface area (Å²) in [4.78, 5) is 0. The van der Waals surface area contributed by atoms with Gasteiger partial charge in [0, 0.05) is 18.1 Å². The molecule has 0 aromatic heterocycles. The van der Waals surface area contributed by atoms with Gasteiger partial charge in [-0.15, -0.1) is 0 Å². The fourth-order valence-corrected chi connectivity index (χ4v) is 4.98. The van der Waals surface area contributed by atoms with E-state index >= 15 is 0 Å². The normalized spacial score (nSPS) is 53.5. The van der Waals surface area contributed by atoms with Gasteiger partial charge >= 0.3 is 0 Å². The average Bonchev–Trinajstić information content (AvgIpc) is 2.75. The molecule has 0 bridgehead atoms. The standard InChI is InChI=1S/C20H41N5O9/c1-6(21)14-11(27)10(26)9(24)18(32-14)33-15-7(22)4-8(23)16(12(15)28)34-19-13(29)17(25-3)20(2,30)5-31-19/h6-19,25-30H,4-5,21-24H2,1-3H3/t6-,7+,8-,9-,10-,11+,12+,13-,14-,15-,16+,17-,18-,19-,20+/m1/s1. The van der Waals surface area contributed by atoms with Crippen LogP contribution < -0.4 is 28.3 Å². The lowest BCUT2D eigenvalue weighted by Gasteiger charge is -2.49. The maximum absolute atomic E-state index is 11.1. The molecule has 0 radical (unpaired) electrons. The van der Waals surface area contributed by atoms with Crippen LogP contribution >= 0.6 is 0 Å². The second kappa shape index (κ2) is 10.8. The van der Waals surface area contributed by atoms with Crippen molar-refractivity contribution in [3.8, 4) is 0 Å². The molecule has 15 atom stereocenters. The highest BCUT2D eigenvalue weighted by Crippen LogP contribution is 2.32. The average molecular weight is 496 g/mol. The van der Waals surface area contributed by atoms with E-state index in [-0.39, 0.29) is 13.0 Å². The van der Waals surface area contributed by atoms with E-state index in [0.717, 1.165) is 0 Å². The Morgan fingerprint density at radius 1 is 0.941 bits per heavy atom. The van der Waals surface area contributed by atoms with Crippen molar-refractivity contribution in [2.75, 3.05) is 13.7 Å². The van der Waals surface area contributed by atoms with Gasteiger partial charge in [-0.3, -0.25) is 0 Å². The first kappa shape index (κ1) is 28.0. The van der Waals surface area contributed by atoms with Gasteiger partial charge in [0.15, 0.2) is 12.6 Å². The van der Waals surface area contributed by atoms with Gasteiger partial charge in [0.2, 0.25) is 0 Å². The molecule has 2 heterocycles. The van der Waals surface area contributed by atoms with Crippen molar-refractivity contribution in [3.63, 3.8) is 0 Å². The second-order valence-electron chi connectivity index (χ2n) is 9.94. The zero-order valence-corrected chi connectivity index (χ0v) is 19.7. The van der Waals surface area contributed by atoms with Crippen LogP contribution in [-0.4, -0.2) is 130 Å². The molecule has 3 fully saturated rings. The maximum atomic E-state index is 11.1. The fourth-order valence-electron chi connectivity index (χ4n) is 4.98. The molecule has 2 aliphatic heterocycles. The third-order valence-corrected chi connectivity index (χ3v) is 6.99. The third kappa shape index (κ3) is 5.40. The van der Waals surface area contributed by atoms with Gasteiger partial charge in [0.1, 0.15) is 48.3 Å². The zero-order chi connectivity index (χ0) is 25.5. The van der Waals surface area contributed by atoms with Gasteiger partial charge in [-0.25, -0.2) is 0 Å². The summed E-state index contributed by atoms with van der Waals surface area (Å²) < 4.78 is 23.0. The summed E-state index contributed by atoms with van der Waals surface area (Å²) in [6.45, 7) is 3.00. The van der Waals surface area contributed by atoms with Crippen LogP contribution in [0.1, 0.15) is 20.3 Å². The molecule has 14 N–H and O–H groups in total. The minimum atomic E-state index is -1.38. The highest BCUT2D eigenvalue weighted by atomic mass is 16.7. The Hall–Kier alpha value is -0.560. The summed E-state index contributed by atoms with van der Waals surface area (Å²) in [6, 6.07) is -3.99.